The molecule has 1 aromatic carbocycles. The molecule has 2 aliphatic rings. The van der Waals surface area contributed by atoms with E-state index in [1.165, 1.54) is 34.0 Å². The molecule has 0 N–H and O–H groups in total. The monoisotopic (exact) mass is 306 g/mol. The maximum absolute atomic E-state index is 2.50. The lowest BCUT2D eigenvalue weighted by atomic mass is 10.0. The molecule has 3 heteroatoms. The third-order valence-corrected chi connectivity index (χ3v) is 6.28. The van der Waals surface area contributed by atoms with Crippen LogP contribution < -0.4 is 0 Å². The molecule has 0 bridgehead atoms. The van der Waals surface area contributed by atoms with Gasteiger partial charge in [0.1, 0.15) is 0 Å². The van der Waals surface area contributed by atoms with Gasteiger partial charge in [0.25, 0.3) is 0 Å². The minimum absolute atomic E-state index is 0.623. The average molecular weight is 306 g/mol. The van der Waals surface area contributed by atoms with E-state index in [0.29, 0.717) is 8.88 Å². The van der Waals surface area contributed by atoms with Gasteiger partial charge in [-0.2, -0.15) is 0 Å². The lowest BCUT2D eigenvalue weighted by molar-refractivity contribution is 0.927. The van der Waals surface area contributed by atoms with E-state index >= 15 is 0 Å². The Kier molecular flexibility index (Phi) is 2.52. The highest BCUT2D eigenvalue weighted by Gasteiger charge is 2.42. The molecule has 1 fully saturated rings. The van der Waals surface area contributed by atoms with E-state index in [4.69, 9.17) is 0 Å². The lowest BCUT2D eigenvalue weighted by Gasteiger charge is -2.13. The smallest absolute Gasteiger partial charge is 0.0882 e. The van der Waals surface area contributed by atoms with Crippen molar-refractivity contribution in [2.75, 3.05) is 0 Å². The van der Waals surface area contributed by atoms with Gasteiger partial charge < -0.3 is 8.68 Å². The Morgan fingerprint density at radius 2 is 1.86 bits per heavy atom. The molecule has 2 aromatic heterocycles. The third-order valence-electron chi connectivity index (χ3n) is 5.11. The van der Waals surface area contributed by atoms with Crippen molar-refractivity contribution in [3.8, 4) is 0 Å². The first kappa shape index (κ1) is 12.7. The third kappa shape index (κ3) is 1.71. The fraction of sp³-hybridized carbons (Fsp3) is 0.263. The Hall–Kier alpha value is -1.79. The van der Waals surface area contributed by atoms with E-state index in [9.17, 15) is 0 Å². The summed E-state index contributed by atoms with van der Waals surface area (Å²) in [6, 6.07) is 8.72. The van der Waals surface area contributed by atoms with Crippen LogP contribution in [0.2, 0.25) is 0 Å². The van der Waals surface area contributed by atoms with Crippen LogP contribution in [0, 0.1) is 19.8 Å². The SMILES string of the molecule is Cc1cn(Pn2cc(C)c3ccccc32)c2c1C=CC1CC21. The number of nitrogens with zero attached hydrogens (tertiary/aromatic N) is 2. The highest BCUT2D eigenvalue weighted by molar-refractivity contribution is 7.34. The first-order valence-electron chi connectivity index (χ1n) is 7.96. The molecule has 0 amide bonds. The Balaban J connectivity index is 1.63. The van der Waals surface area contributed by atoms with Gasteiger partial charge in [0.05, 0.1) is 14.4 Å². The van der Waals surface area contributed by atoms with Crippen LogP contribution in [-0.2, 0) is 0 Å². The van der Waals surface area contributed by atoms with Gasteiger partial charge in [-0.1, -0.05) is 30.4 Å². The van der Waals surface area contributed by atoms with Gasteiger partial charge in [-0.3, -0.25) is 0 Å². The van der Waals surface area contributed by atoms with Crippen LogP contribution in [0.4, 0.5) is 0 Å². The lowest BCUT2D eigenvalue weighted by Crippen LogP contribution is -1.98. The molecule has 5 rings (SSSR count). The van der Waals surface area contributed by atoms with Crippen molar-refractivity contribution in [2.45, 2.75) is 26.2 Å². The number of para-hydroxylation sites is 1. The molecule has 3 unspecified atom stereocenters. The average Bonchev–Trinajstić information content (AvgIpc) is 3.17. The first-order chi connectivity index (χ1) is 10.7. The molecule has 2 nitrogen and oxygen atoms in total. The minimum Gasteiger partial charge on any atom is -0.314 e. The number of aromatic nitrogens is 2. The van der Waals surface area contributed by atoms with Gasteiger partial charge >= 0.3 is 0 Å². The number of aryl methyl sites for hydroxylation is 2. The van der Waals surface area contributed by atoms with E-state index < -0.39 is 0 Å². The van der Waals surface area contributed by atoms with E-state index in [1.807, 2.05) is 0 Å². The summed E-state index contributed by atoms with van der Waals surface area (Å²) in [6.07, 6.45) is 10.7. The highest BCUT2D eigenvalue weighted by atomic mass is 31.1. The quantitative estimate of drug-likeness (QED) is 0.583. The molecule has 110 valence electrons. The van der Waals surface area contributed by atoms with Crippen molar-refractivity contribution in [2.24, 2.45) is 5.92 Å². The Morgan fingerprint density at radius 1 is 1.05 bits per heavy atom. The van der Waals surface area contributed by atoms with Crippen molar-refractivity contribution >= 4 is 25.9 Å². The van der Waals surface area contributed by atoms with Crippen LogP contribution in [0.15, 0.2) is 42.7 Å². The predicted molar refractivity (Wildman–Crippen MR) is 94.8 cm³/mol. The molecular formula is C19H19N2P. The molecule has 0 radical (unpaired) electrons. The molecule has 1 saturated carbocycles. The van der Waals surface area contributed by atoms with E-state index in [0.717, 1.165) is 11.8 Å². The number of hydrogen-bond acceptors (Lipinski definition) is 0. The Bertz CT molecular complexity index is 928. The molecule has 3 aromatic rings. The second-order valence-electron chi connectivity index (χ2n) is 6.65. The second-order valence-corrected chi connectivity index (χ2v) is 7.81. The van der Waals surface area contributed by atoms with Gasteiger partial charge in [0.15, 0.2) is 0 Å². The standard InChI is InChI=1S/C19H19N2P/c1-12-10-20(18-6-4-3-5-15(12)18)22-21-11-13(2)16-8-7-14-9-17(14)19(16)21/h3-8,10-11,14,17,22H,9H2,1-2H3. The largest absolute Gasteiger partial charge is 0.314 e. The number of fused-ring (bicyclic) bond motifs is 4. The number of rotatable bonds is 2. The minimum atomic E-state index is 0.623. The first-order valence-corrected chi connectivity index (χ1v) is 8.85. The van der Waals surface area contributed by atoms with E-state index in [2.05, 4.69) is 71.3 Å². The molecule has 0 saturated heterocycles. The fourth-order valence-corrected chi connectivity index (χ4v) is 5.28. The van der Waals surface area contributed by atoms with Crippen LogP contribution >= 0.6 is 8.88 Å². The van der Waals surface area contributed by atoms with Crippen molar-refractivity contribution < 1.29 is 0 Å². The summed E-state index contributed by atoms with van der Waals surface area (Å²) in [5, 5.41) is 1.37. The van der Waals surface area contributed by atoms with Crippen LogP contribution in [0.25, 0.3) is 17.0 Å². The normalized spacial score (nSPS) is 22.5. The maximum Gasteiger partial charge on any atom is 0.0882 e. The number of benzene rings is 1. The number of allylic oxidation sites excluding steroid dienone is 1. The van der Waals surface area contributed by atoms with Crippen molar-refractivity contribution in [3.63, 3.8) is 0 Å². The van der Waals surface area contributed by atoms with Crippen molar-refractivity contribution in [3.05, 3.63) is 65.1 Å². The van der Waals surface area contributed by atoms with Gasteiger partial charge in [-0.05, 0) is 48.9 Å². The summed E-state index contributed by atoms with van der Waals surface area (Å²) < 4.78 is 4.92. The predicted octanol–water partition coefficient (Wildman–Crippen LogP) is 5.09. The van der Waals surface area contributed by atoms with Crippen molar-refractivity contribution in [1.29, 1.82) is 0 Å². The highest BCUT2D eigenvalue weighted by Crippen LogP contribution is 2.54. The van der Waals surface area contributed by atoms with Gasteiger partial charge in [-0.25, -0.2) is 0 Å². The van der Waals surface area contributed by atoms with Gasteiger partial charge in [0.2, 0.25) is 0 Å². The fourth-order valence-electron chi connectivity index (χ4n) is 3.85. The molecule has 3 atom stereocenters. The Labute approximate surface area is 132 Å². The zero-order chi connectivity index (χ0) is 14.8. The van der Waals surface area contributed by atoms with E-state index in [-0.39, 0.29) is 0 Å². The van der Waals surface area contributed by atoms with Gasteiger partial charge in [0, 0.05) is 29.4 Å². The zero-order valence-electron chi connectivity index (χ0n) is 12.9. The summed E-state index contributed by atoms with van der Waals surface area (Å²) >= 11 is 0. The maximum atomic E-state index is 2.50. The molecule has 2 heterocycles. The molecule has 0 aliphatic heterocycles. The van der Waals surface area contributed by atoms with Crippen LogP contribution in [0.3, 0.4) is 0 Å². The van der Waals surface area contributed by atoms with Gasteiger partial charge in [-0.15, -0.1) is 0 Å². The molecular weight excluding hydrogens is 287 g/mol. The zero-order valence-corrected chi connectivity index (χ0v) is 13.9. The number of hydrogen-bond donors (Lipinski definition) is 0. The topological polar surface area (TPSA) is 9.86 Å². The summed E-state index contributed by atoms with van der Waals surface area (Å²) in [6.45, 7) is 4.45. The molecule has 2 aliphatic carbocycles. The summed E-state index contributed by atoms with van der Waals surface area (Å²) in [5.74, 6) is 1.57. The Morgan fingerprint density at radius 3 is 2.77 bits per heavy atom. The summed E-state index contributed by atoms with van der Waals surface area (Å²) in [7, 11) is 0.623. The molecule has 0 spiro atoms. The van der Waals surface area contributed by atoms with Crippen molar-refractivity contribution in [1.82, 2.24) is 8.68 Å². The van der Waals surface area contributed by atoms with Crippen LogP contribution in [0.5, 0.6) is 0 Å². The van der Waals surface area contributed by atoms with E-state index in [1.54, 1.807) is 5.69 Å². The second kappa shape index (κ2) is 4.36. The van der Waals surface area contributed by atoms with Crippen LogP contribution in [0.1, 0.15) is 34.7 Å². The molecule has 22 heavy (non-hydrogen) atoms. The summed E-state index contributed by atoms with van der Waals surface area (Å²) in [4.78, 5) is 0. The summed E-state index contributed by atoms with van der Waals surface area (Å²) in [5.41, 5.74) is 7.16. The van der Waals surface area contributed by atoms with Crippen LogP contribution in [-0.4, -0.2) is 8.68 Å².